The fourth-order valence-electron chi connectivity index (χ4n) is 1.08. The maximum Gasteiger partial charge on any atom is 0.221 e. The van der Waals surface area contributed by atoms with Gasteiger partial charge in [-0.3, -0.25) is 4.79 Å². The van der Waals surface area contributed by atoms with Gasteiger partial charge in [0.15, 0.2) is 0 Å². The van der Waals surface area contributed by atoms with Gasteiger partial charge in [0.05, 0.1) is 13.2 Å². The summed E-state index contributed by atoms with van der Waals surface area (Å²) < 4.78 is 10.4. The molecule has 1 fully saturated rings. The third-order valence-electron chi connectivity index (χ3n) is 1.98. The number of rotatable bonds is 5. The van der Waals surface area contributed by atoms with Crippen LogP contribution in [0.1, 0.15) is 26.7 Å². The fourth-order valence-corrected chi connectivity index (χ4v) is 1.08. The molecule has 0 spiro atoms. The zero-order chi connectivity index (χ0) is 9.73. The third kappa shape index (κ3) is 3.32. The first-order valence-electron chi connectivity index (χ1n) is 4.65. The van der Waals surface area contributed by atoms with Crippen molar-refractivity contribution in [2.45, 2.75) is 32.3 Å². The summed E-state index contributed by atoms with van der Waals surface area (Å²) >= 11 is 0. The van der Waals surface area contributed by atoms with E-state index in [-0.39, 0.29) is 11.5 Å². The predicted octanol–water partition coefficient (Wildman–Crippen LogP) is 0.666. The minimum Gasteiger partial charge on any atom is -0.375 e. The summed E-state index contributed by atoms with van der Waals surface area (Å²) in [6.45, 7) is 5.48. The van der Waals surface area contributed by atoms with E-state index in [1.807, 2.05) is 13.8 Å². The molecule has 1 heterocycles. The lowest BCUT2D eigenvalue weighted by atomic mass is 10.1. The van der Waals surface area contributed by atoms with Gasteiger partial charge in [0.25, 0.3) is 0 Å². The van der Waals surface area contributed by atoms with Crippen molar-refractivity contribution in [3.63, 3.8) is 0 Å². The van der Waals surface area contributed by atoms with Crippen LogP contribution in [-0.4, -0.2) is 31.5 Å². The molecule has 1 amide bonds. The SMILES string of the molecule is CCCC(=O)NCOC1(C)COC1. The molecule has 0 saturated carbocycles. The Bertz CT molecular complexity index is 178. The summed E-state index contributed by atoms with van der Waals surface area (Å²) in [5, 5.41) is 2.69. The molecule has 0 bridgehead atoms. The summed E-state index contributed by atoms with van der Waals surface area (Å²) in [7, 11) is 0. The number of amides is 1. The van der Waals surface area contributed by atoms with Gasteiger partial charge in [-0.15, -0.1) is 0 Å². The Labute approximate surface area is 78.6 Å². The minimum atomic E-state index is -0.181. The smallest absolute Gasteiger partial charge is 0.221 e. The van der Waals surface area contributed by atoms with E-state index in [1.54, 1.807) is 0 Å². The van der Waals surface area contributed by atoms with Gasteiger partial charge in [-0.05, 0) is 13.3 Å². The number of hydrogen-bond acceptors (Lipinski definition) is 3. The highest BCUT2D eigenvalue weighted by atomic mass is 16.6. The lowest BCUT2D eigenvalue weighted by molar-refractivity contribution is -0.202. The number of carbonyl (C=O) groups excluding carboxylic acids is 1. The van der Waals surface area contributed by atoms with Crippen LogP contribution in [0.4, 0.5) is 0 Å². The van der Waals surface area contributed by atoms with Gasteiger partial charge in [0.1, 0.15) is 12.3 Å². The van der Waals surface area contributed by atoms with Crippen molar-refractivity contribution in [2.75, 3.05) is 19.9 Å². The first kappa shape index (κ1) is 10.5. The Morgan fingerprint density at radius 2 is 2.31 bits per heavy atom. The largest absolute Gasteiger partial charge is 0.375 e. The molecule has 13 heavy (non-hydrogen) atoms. The topological polar surface area (TPSA) is 47.6 Å². The van der Waals surface area contributed by atoms with Crippen LogP contribution in [0.15, 0.2) is 0 Å². The zero-order valence-electron chi connectivity index (χ0n) is 8.26. The molecular formula is C9H17NO3. The molecule has 1 saturated heterocycles. The average molecular weight is 187 g/mol. The van der Waals surface area contributed by atoms with Crippen molar-refractivity contribution < 1.29 is 14.3 Å². The van der Waals surface area contributed by atoms with E-state index in [2.05, 4.69) is 5.32 Å². The highest BCUT2D eigenvalue weighted by Gasteiger charge is 2.34. The maximum atomic E-state index is 11.0. The van der Waals surface area contributed by atoms with E-state index < -0.39 is 0 Å². The molecule has 4 heteroatoms. The van der Waals surface area contributed by atoms with Crippen LogP contribution in [0.5, 0.6) is 0 Å². The van der Waals surface area contributed by atoms with Crippen LogP contribution in [0.3, 0.4) is 0 Å². The number of carbonyl (C=O) groups is 1. The lowest BCUT2D eigenvalue weighted by Crippen LogP contribution is -2.50. The first-order chi connectivity index (χ1) is 6.16. The van der Waals surface area contributed by atoms with Crippen molar-refractivity contribution in [3.05, 3.63) is 0 Å². The summed E-state index contributed by atoms with van der Waals surface area (Å²) in [5.41, 5.74) is -0.181. The monoisotopic (exact) mass is 187 g/mol. The predicted molar refractivity (Wildman–Crippen MR) is 48.2 cm³/mol. The summed E-state index contributed by atoms with van der Waals surface area (Å²) in [4.78, 5) is 11.0. The van der Waals surface area contributed by atoms with E-state index >= 15 is 0 Å². The van der Waals surface area contributed by atoms with E-state index in [9.17, 15) is 4.79 Å². The molecule has 1 rings (SSSR count). The van der Waals surface area contributed by atoms with Crippen molar-refractivity contribution in [3.8, 4) is 0 Å². The standard InChI is InChI=1S/C9H17NO3/c1-3-4-8(11)10-7-13-9(2)5-12-6-9/h3-7H2,1-2H3,(H,10,11). The second-order valence-electron chi connectivity index (χ2n) is 3.58. The van der Waals surface area contributed by atoms with Gasteiger partial charge in [-0.25, -0.2) is 0 Å². The zero-order valence-corrected chi connectivity index (χ0v) is 8.26. The van der Waals surface area contributed by atoms with Crippen molar-refractivity contribution in [1.82, 2.24) is 5.32 Å². The van der Waals surface area contributed by atoms with E-state index in [4.69, 9.17) is 9.47 Å². The first-order valence-corrected chi connectivity index (χ1v) is 4.65. The molecule has 0 aromatic heterocycles. The van der Waals surface area contributed by atoms with Gasteiger partial charge in [-0.1, -0.05) is 6.92 Å². The number of nitrogens with one attached hydrogen (secondary N) is 1. The Hall–Kier alpha value is -0.610. The van der Waals surface area contributed by atoms with E-state index in [0.717, 1.165) is 6.42 Å². The highest BCUT2D eigenvalue weighted by Crippen LogP contribution is 2.19. The molecule has 76 valence electrons. The van der Waals surface area contributed by atoms with Crippen molar-refractivity contribution in [2.24, 2.45) is 0 Å². The van der Waals surface area contributed by atoms with Crippen LogP contribution in [0.2, 0.25) is 0 Å². The van der Waals surface area contributed by atoms with Crippen molar-refractivity contribution >= 4 is 5.91 Å². The van der Waals surface area contributed by atoms with Crippen LogP contribution < -0.4 is 5.32 Å². The lowest BCUT2D eigenvalue weighted by Gasteiger charge is -2.37. The van der Waals surface area contributed by atoms with E-state index in [0.29, 0.717) is 26.4 Å². The molecular weight excluding hydrogens is 170 g/mol. The van der Waals surface area contributed by atoms with Gasteiger partial charge >= 0.3 is 0 Å². The molecule has 1 aliphatic rings. The van der Waals surface area contributed by atoms with Crippen LogP contribution in [0.25, 0.3) is 0 Å². The summed E-state index contributed by atoms with van der Waals surface area (Å²) in [6, 6.07) is 0. The highest BCUT2D eigenvalue weighted by molar-refractivity contribution is 5.75. The molecule has 0 atom stereocenters. The third-order valence-corrected chi connectivity index (χ3v) is 1.98. The second-order valence-corrected chi connectivity index (χ2v) is 3.58. The molecule has 1 aliphatic heterocycles. The Kier molecular flexibility index (Phi) is 3.69. The Morgan fingerprint density at radius 1 is 1.62 bits per heavy atom. The number of ether oxygens (including phenoxy) is 2. The Morgan fingerprint density at radius 3 is 2.77 bits per heavy atom. The molecule has 0 aromatic carbocycles. The average Bonchev–Trinajstić information content (AvgIpc) is 2.02. The van der Waals surface area contributed by atoms with Crippen LogP contribution in [0, 0.1) is 0 Å². The normalized spacial score (nSPS) is 19.2. The molecule has 0 radical (unpaired) electrons. The van der Waals surface area contributed by atoms with Gasteiger partial charge in [0.2, 0.25) is 5.91 Å². The fraction of sp³-hybridized carbons (Fsp3) is 0.889. The van der Waals surface area contributed by atoms with Crippen LogP contribution in [-0.2, 0) is 14.3 Å². The maximum absolute atomic E-state index is 11.0. The molecule has 4 nitrogen and oxygen atoms in total. The molecule has 0 unspecified atom stereocenters. The molecule has 0 aromatic rings. The molecule has 0 aliphatic carbocycles. The minimum absolute atomic E-state index is 0.0475. The van der Waals surface area contributed by atoms with E-state index in [1.165, 1.54) is 0 Å². The number of hydrogen-bond donors (Lipinski definition) is 1. The Balaban J connectivity index is 2.03. The quantitative estimate of drug-likeness (QED) is 0.643. The summed E-state index contributed by atoms with van der Waals surface area (Å²) in [6.07, 6.45) is 1.43. The van der Waals surface area contributed by atoms with Gasteiger partial charge in [-0.2, -0.15) is 0 Å². The van der Waals surface area contributed by atoms with Gasteiger partial charge in [0, 0.05) is 6.42 Å². The van der Waals surface area contributed by atoms with Crippen LogP contribution >= 0.6 is 0 Å². The van der Waals surface area contributed by atoms with Gasteiger partial charge < -0.3 is 14.8 Å². The molecule has 1 N–H and O–H groups in total. The summed E-state index contributed by atoms with van der Waals surface area (Å²) in [5.74, 6) is 0.0475. The van der Waals surface area contributed by atoms with Crippen molar-refractivity contribution in [1.29, 1.82) is 0 Å². The second kappa shape index (κ2) is 4.58.